The Morgan fingerprint density at radius 1 is 1.25 bits per heavy atom. The molecular weight excluding hydrogens is 468 g/mol. The fourth-order valence-corrected chi connectivity index (χ4v) is 3.22. The number of nitrogens with zero attached hydrogens (tertiary/aromatic N) is 3. The fraction of sp³-hybridized carbons (Fsp3) is 0. The van der Waals surface area contributed by atoms with Gasteiger partial charge in [-0.15, -0.1) is 0 Å². The molecule has 9 heteroatoms. The molecular formula is C15H7Br2ClFN3O2. The number of carbonyl (C=O) groups is 1. The Labute approximate surface area is 157 Å². The van der Waals surface area contributed by atoms with Gasteiger partial charge >= 0.3 is 5.97 Å². The first kappa shape index (κ1) is 17.1. The molecule has 0 saturated carbocycles. The monoisotopic (exact) mass is 473 g/mol. The van der Waals surface area contributed by atoms with Crippen LogP contribution in [0.2, 0.25) is 5.02 Å². The standard InChI is InChI=1S/C15H7Br2ClFN3O2/c16-8-3-4-20-11(6-8)22-13(12(14(23)24)21-15(22)17)7-1-2-10(19)9(18)5-7/h1-6H,(H,23,24). The highest BCUT2D eigenvalue weighted by Crippen LogP contribution is 2.33. The Kier molecular flexibility index (Phi) is 4.71. The van der Waals surface area contributed by atoms with Gasteiger partial charge in [-0.2, -0.15) is 0 Å². The molecule has 3 rings (SSSR count). The lowest BCUT2D eigenvalue weighted by Gasteiger charge is -2.10. The van der Waals surface area contributed by atoms with Gasteiger partial charge in [-0.05, 0) is 46.3 Å². The molecule has 2 heterocycles. The van der Waals surface area contributed by atoms with Gasteiger partial charge in [0.15, 0.2) is 10.4 Å². The minimum Gasteiger partial charge on any atom is -0.476 e. The van der Waals surface area contributed by atoms with Gasteiger partial charge in [0.2, 0.25) is 0 Å². The Morgan fingerprint density at radius 3 is 2.62 bits per heavy atom. The van der Waals surface area contributed by atoms with E-state index in [1.807, 2.05) is 0 Å². The van der Waals surface area contributed by atoms with Crippen LogP contribution >= 0.6 is 43.5 Å². The van der Waals surface area contributed by atoms with Crippen molar-refractivity contribution in [3.63, 3.8) is 0 Å². The lowest BCUT2D eigenvalue weighted by atomic mass is 10.1. The molecule has 0 aliphatic carbocycles. The van der Waals surface area contributed by atoms with Crippen molar-refractivity contribution in [2.75, 3.05) is 0 Å². The van der Waals surface area contributed by atoms with Gasteiger partial charge in [-0.1, -0.05) is 27.5 Å². The van der Waals surface area contributed by atoms with Crippen LogP contribution in [-0.4, -0.2) is 25.6 Å². The number of aromatic nitrogens is 3. The van der Waals surface area contributed by atoms with Crippen LogP contribution in [0.3, 0.4) is 0 Å². The molecule has 0 amide bonds. The van der Waals surface area contributed by atoms with E-state index in [0.29, 0.717) is 11.4 Å². The minimum atomic E-state index is -1.22. The molecule has 0 bridgehead atoms. The summed E-state index contributed by atoms with van der Waals surface area (Å²) in [5, 5.41) is 9.34. The number of halogens is 4. The summed E-state index contributed by atoms with van der Waals surface area (Å²) in [6.07, 6.45) is 1.56. The van der Waals surface area contributed by atoms with E-state index in [1.165, 1.54) is 22.8 Å². The zero-order chi connectivity index (χ0) is 17.4. The number of carboxylic acids is 1. The smallest absolute Gasteiger partial charge is 0.356 e. The van der Waals surface area contributed by atoms with Crippen LogP contribution in [0.4, 0.5) is 4.39 Å². The summed E-state index contributed by atoms with van der Waals surface area (Å²) >= 11 is 12.4. The Bertz CT molecular complexity index is 962. The van der Waals surface area contributed by atoms with Gasteiger partial charge in [0.1, 0.15) is 11.6 Å². The lowest BCUT2D eigenvalue weighted by molar-refractivity contribution is 0.0692. The third-order valence-electron chi connectivity index (χ3n) is 3.17. The predicted octanol–water partition coefficient (Wildman–Crippen LogP) is 4.95. The second-order valence-electron chi connectivity index (χ2n) is 4.68. The van der Waals surface area contributed by atoms with Gasteiger partial charge in [-0.3, -0.25) is 4.57 Å². The normalized spacial score (nSPS) is 10.8. The topological polar surface area (TPSA) is 68.0 Å². The van der Waals surface area contributed by atoms with E-state index >= 15 is 0 Å². The van der Waals surface area contributed by atoms with Crippen molar-refractivity contribution in [1.82, 2.24) is 14.5 Å². The minimum absolute atomic E-state index is 0.116. The van der Waals surface area contributed by atoms with Crippen LogP contribution in [0, 0.1) is 5.82 Å². The van der Waals surface area contributed by atoms with Crippen molar-refractivity contribution in [3.05, 3.63) is 62.3 Å². The highest BCUT2D eigenvalue weighted by Gasteiger charge is 2.24. The average Bonchev–Trinajstić information content (AvgIpc) is 2.88. The Hall–Kier alpha value is -1.77. The average molecular weight is 475 g/mol. The van der Waals surface area contributed by atoms with Crippen LogP contribution < -0.4 is 0 Å². The first-order valence-corrected chi connectivity index (χ1v) is 8.43. The van der Waals surface area contributed by atoms with Crippen molar-refractivity contribution < 1.29 is 14.3 Å². The van der Waals surface area contributed by atoms with E-state index in [9.17, 15) is 14.3 Å². The van der Waals surface area contributed by atoms with Crippen LogP contribution in [-0.2, 0) is 0 Å². The van der Waals surface area contributed by atoms with Gasteiger partial charge in [-0.25, -0.2) is 19.2 Å². The van der Waals surface area contributed by atoms with E-state index in [-0.39, 0.29) is 21.1 Å². The van der Waals surface area contributed by atoms with E-state index in [1.54, 1.807) is 18.3 Å². The third-order valence-corrected chi connectivity index (χ3v) is 4.48. The number of hydrogen-bond acceptors (Lipinski definition) is 3. The molecule has 0 radical (unpaired) electrons. The van der Waals surface area contributed by atoms with Crippen LogP contribution in [0.1, 0.15) is 10.5 Å². The summed E-state index contributed by atoms with van der Waals surface area (Å²) in [5.74, 6) is -1.38. The van der Waals surface area contributed by atoms with E-state index in [0.717, 1.165) is 4.47 Å². The summed E-state index contributed by atoms with van der Waals surface area (Å²) in [5.41, 5.74) is 0.437. The summed E-state index contributed by atoms with van der Waals surface area (Å²) in [6.45, 7) is 0. The number of carboxylic acid groups (broad SMARTS) is 1. The largest absolute Gasteiger partial charge is 0.476 e. The molecule has 2 aromatic heterocycles. The van der Waals surface area contributed by atoms with Gasteiger partial charge < -0.3 is 5.11 Å². The summed E-state index contributed by atoms with van der Waals surface area (Å²) < 4.78 is 16.0. The summed E-state index contributed by atoms with van der Waals surface area (Å²) in [7, 11) is 0. The molecule has 0 saturated heterocycles. The maximum atomic E-state index is 13.5. The molecule has 1 aromatic carbocycles. The fourth-order valence-electron chi connectivity index (χ4n) is 2.18. The molecule has 0 aliphatic heterocycles. The number of hydrogen-bond donors (Lipinski definition) is 1. The van der Waals surface area contributed by atoms with E-state index in [2.05, 4.69) is 41.8 Å². The first-order chi connectivity index (χ1) is 11.4. The van der Waals surface area contributed by atoms with Crippen LogP contribution in [0.5, 0.6) is 0 Å². The number of rotatable bonds is 3. The molecule has 1 N–H and O–H groups in total. The van der Waals surface area contributed by atoms with Crippen LogP contribution in [0.15, 0.2) is 45.7 Å². The van der Waals surface area contributed by atoms with Crippen molar-refractivity contribution in [2.24, 2.45) is 0 Å². The quantitative estimate of drug-likeness (QED) is 0.582. The van der Waals surface area contributed by atoms with Crippen molar-refractivity contribution >= 4 is 49.4 Å². The maximum absolute atomic E-state index is 13.5. The number of aromatic carboxylic acids is 1. The predicted molar refractivity (Wildman–Crippen MR) is 94.1 cm³/mol. The SMILES string of the molecule is O=C(O)c1nc(Br)n(-c2cc(Br)ccn2)c1-c1ccc(F)c(Cl)c1. The molecule has 5 nitrogen and oxygen atoms in total. The molecule has 0 spiro atoms. The zero-order valence-corrected chi connectivity index (χ0v) is 15.6. The second kappa shape index (κ2) is 6.62. The first-order valence-electron chi connectivity index (χ1n) is 6.47. The third kappa shape index (κ3) is 3.09. The number of pyridine rings is 1. The molecule has 3 aromatic rings. The van der Waals surface area contributed by atoms with Crippen molar-refractivity contribution in [1.29, 1.82) is 0 Å². The van der Waals surface area contributed by atoms with Gasteiger partial charge in [0.05, 0.1) is 10.7 Å². The van der Waals surface area contributed by atoms with Gasteiger partial charge in [0.25, 0.3) is 0 Å². The highest BCUT2D eigenvalue weighted by molar-refractivity contribution is 9.10. The van der Waals surface area contributed by atoms with Crippen molar-refractivity contribution in [3.8, 4) is 17.1 Å². The van der Waals surface area contributed by atoms with E-state index in [4.69, 9.17) is 11.6 Å². The highest BCUT2D eigenvalue weighted by atomic mass is 79.9. The maximum Gasteiger partial charge on any atom is 0.356 e. The number of benzene rings is 1. The second-order valence-corrected chi connectivity index (χ2v) is 6.71. The van der Waals surface area contributed by atoms with Gasteiger partial charge in [0, 0.05) is 16.2 Å². The molecule has 24 heavy (non-hydrogen) atoms. The van der Waals surface area contributed by atoms with Crippen molar-refractivity contribution in [2.45, 2.75) is 0 Å². The zero-order valence-electron chi connectivity index (χ0n) is 11.7. The molecule has 0 unspecified atom stereocenters. The van der Waals surface area contributed by atoms with Crippen LogP contribution in [0.25, 0.3) is 17.1 Å². The van der Waals surface area contributed by atoms with E-state index < -0.39 is 11.8 Å². The lowest BCUT2D eigenvalue weighted by Crippen LogP contribution is -2.04. The number of imidazole rings is 1. The Balaban J connectivity index is 2.34. The molecule has 0 atom stereocenters. The molecule has 0 fully saturated rings. The summed E-state index contributed by atoms with van der Waals surface area (Å²) in [4.78, 5) is 19.8. The summed E-state index contributed by atoms with van der Waals surface area (Å²) in [6, 6.07) is 7.39. The molecule has 0 aliphatic rings. The Morgan fingerprint density at radius 2 is 2.00 bits per heavy atom. The molecule has 122 valence electrons.